The highest BCUT2D eigenvalue weighted by Gasteiger charge is 2.21. The van der Waals surface area contributed by atoms with Gasteiger partial charge >= 0.3 is 5.97 Å². The number of benzene rings is 1. The van der Waals surface area contributed by atoms with Gasteiger partial charge in [0.2, 0.25) is 5.56 Å². The number of carboxylic acids is 1. The average Bonchev–Trinajstić information content (AvgIpc) is 2.49. The van der Waals surface area contributed by atoms with Crippen molar-refractivity contribution in [1.82, 2.24) is 10.3 Å². The number of carboxylic acid groups (broad SMARTS) is 1. The summed E-state index contributed by atoms with van der Waals surface area (Å²) in [5, 5.41) is 12.2. The lowest BCUT2D eigenvalue weighted by molar-refractivity contribution is -0.142. The van der Waals surface area contributed by atoms with Crippen molar-refractivity contribution in [3.63, 3.8) is 0 Å². The molecule has 1 aromatic carbocycles. The molecule has 2 aromatic rings. The number of carbonyl (C=O) groups excluding carboxylic acids is 1. The van der Waals surface area contributed by atoms with Crippen LogP contribution in [0.1, 0.15) is 30.6 Å². The van der Waals surface area contributed by atoms with Crippen LogP contribution < -0.4 is 10.9 Å². The summed E-state index contributed by atoms with van der Waals surface area (Å²) >= 11 is 0. The van der Waals surface area contributed by atoms with Gasteiger partial charge in [-0.05, 0) is 30.5 Å². The number of pyridine rings is 1. The lowest BCUT2D eigenvalue weighted by Crippen LogP contribution is -2.34. The number of hydrogen-bond donors (Lipinski definition) is 3. The normalized spacial score (nSPS) is 12.3. The number of fused-ring (bicyclic) bond motifs is 1. The molecule has 1 amide bonds. The summed E-state index contributed by atoms with van der Waals surface area (Å²) in [6.07, 6.45) is 0.428. The molecular formula is C17H19FN2O4. The van der Waals surface area contributed by atoms with Gasteiger partial charge in [-0.25, -0.2) is 4.39 Å². The van der Waals surface area contributed by atoms with E-state index in [-0.39, 0.29) is 23.5 Å². The average molecular weight is 334 g/mol. The fourth-order valence-corrected chi connectivity index (χ4v) is 2.57. The van der Waals surface area contributed by atoms with Gasteiger partial charge in [0.1, 0.15) is 5.82 Å². The number of aromatic amines is 1. The summed E-state index contributed by atoms with van der Waals surface area (Å²) in [6.45, 7) is 3.76. The molecule has 0 fully saturated rings. The third-order valence-electron chi connectivity index (χ3n) is 3.66. The van der Waals surface area contributed by atoms with Gasteiger partial charge in [0, 0.05) is 18.0 Å². The first kappa shape index (κ1) is 17.7. The van der Waals surface area contributed by atoms with Crippen LogP contribution in [0.5, 0.6) is 0 Å². The summed E-state index contributed by atoms with van der Waals surface area (Å²) in [6, 6.07) is 4.84. The van der Waals surface area contributed by atoms with Crippen LogP contribution in [0.25, 0.3) is 10.9 Å². The predicted octanol–water partition coefficient (Wildman–Crippen LogP) is 2.14. The van der Waals surface area contributed by atoms with Crippen molar-refractivity contribution in [2.45, 2.75) is 20.3 Å². The molecule has 0 aliphatic heterocycles. The maximum atomic E-state index is 13.3. The molecular weight excluding hydrogens is 315 g/mol. The number of aliphatic carboxylic acids is 1. The number of nitrogens with one attached hydrogen (secondary N) is 2. The van der Waals surface area contributed by atoms with E-state index in [0.29, 0.717) is 11.8 Å². The Hall–Kier alpha value is -2.70. The van der Waals surface area contributed by atoms with Crippen LogP contribution in [0, 0.1) is 17.7 Å². The van der Waals surface area contributed by atoms with Crippen molar-refractivity contribution >= 4 is 22.8 Å². The van der Waals surface area contributed by atoms with Gasteiger partial charge in [0.05, 0.1) is 17.0 Å². The molecule has 1 aromatic heterocycles. The second kappa shape index (κ2) is 7.25. The highest BCUT2D eigenvalue weighted by Crippen LogP contribution is 2.17. The van der Waals surface area contributed by atoms with Gasteiger partial charge in [-0.15, -0.1) is 0 Å². The molecule has 7 heteroatoms. The minimum Gasteiger partial charge on any atom is -0.481 e. The molecule has 6 nitrogen and oxygen atoms in total. The third kappa shape index (κ3) is 4.18. The second-order valence-electron chi connectivity index (χ2n) is 6.11. The number of aromatic nitrogens is 1. The van der Waals surface area contributed by atoms with Crippen molar-refractivity contribution in [1.29, 1.82) is 0 Å². The van der Waals surface area contributed by atoms with Crippen LogP contribution in [-0.4, -0.2) is 28.5 Å². The van der Waals surface area contributed by atoms with Crippen molar-refractivity contribution in [2.75, 3.05) is 6.54 Å². The van der Waals surface area contributed by atoms with Crippen molar-refractivity contribution < 1.29 is 19.1 Å². The van der Waals surface area contributed by atoms with Gasteiger partial charge < -0.3 is 15.4 Å². The highest BCUT2D eigenvalue weighted by atomic mass is 19.1. The summed E-state index contributed by atoms with van der Waals surface area (Å²) < 4.78 is 13.3. The zero-order valence-corrected chi connectivity index (χ0v) is 13.4. The molecule has 1 unspecified atom stereocenters. The van der Waals surface area contributed by atoms with Crippen molar-refractivity contribution in [3.05, 3.63) is 46.0 Å². The predicted molar refractivity (Wildman–Crippen MR) is 87.4 cm³/mol. The van der Waals surface area contributed by atoms with Crippen LogP contribution in [-0.2, 0) is 4.79 Å². The summed E-state index contributed by atoms with van der Waals surface area (Å²) in [5.41, 5.74) is -0.234. The second-order valence-corrected chi connectivity index (χ2v) is 6.11. The van der Waals surface area contributed by atoms with Crippen molar-refractivity contribution in [3.8, 4) is 0 Å². The van der Waals surface area contributed by atoms with Crippen molar-refractivity contribution in [2.24, 2.45) is 11.8 Å². The molecule has 0 radical (unpaired) electrons. The van der Waals surface area contributed by atoms with Gasteiger partial charge in [-0.3, -0.25) is 14.4 Å². The smallest absolute Gasteiger partial charge is 0.308 e. The Morgan fingerprint density at radius 1 is 1.29 bits per heavy atom. The Bertz CT molecular complexity index is 829. The number of rotatable bonds is 6. The van der Waals surface area contributed by atoms with E-state index >= 15 is 0 Å². The monoisotopic (exact) mass is 334 g/mol. The molecule has 0 bridgehead atoms. The maximum absolute atomic E-state index is 13.3. The molecule has 0 aliphatic rings. The van der Waals surface area contributed by atoms with Gasteiger partial charge in [0.15, 0.2) is 0 Å². The van der Waals surface area contributed by atoms with Crippen LogP contribution in [0.4, 0.5) is 4.39 Å². The quantitative estimate of drug-likeness (QED) is 0.753. The van der Waals surface area contributed by atoms with Crippen LogP contribution in [0.15, 0.2) is 29.1 Å². The minimum atomic E-state index is -0.984. The molecule has 1 atom stereocenters. The van der Waals surface area contributed by atoms with Gasteiger partial charge in [-0.2, -0.15) is 0 Å². The Kier molecular flexibility index (Phi) is 5.33. The first-order chi connectivity index (χ1) is 11.3. The zero-order chi connectivity index (χ0) is 17.9. The van der Waals surface area contributed by atoms with E-state index in [2.05, 4.69) is 10.3 Å². The first-order valence-electron chi connectivity index (χ1n) is 7.61. The molecule has 0 saturated carbocycles. The summed E-state index contributed by atoms with van der Waals surface area (Å²) in [4.78, 5) is 37.7. The Labute approximate surface area is 137 Å². The molecule has 24 heavy (non-hydrogen) atoms. The number of H-pyrrole nitrogens is 1. The van der Waals surface area contributed by atoms with Crippen LogP contribution >= 0.6 is 0 Å². The van der Waals surface area contributed by atoms with E-state index in [1.807, 2.05) is 13.8 Å². The Balaban J connectivity index is 2.25. The van der Waals surface area contributed by atoms with Gasteiger partial charge in [0.25, 0.3) is 5.91 Å². The molecule has 2 rings (SSSR count). The van der Waals surface area contributed by atoms with E-state index in [1.165, 1.54) is 12.1 Å². The fourth-order valence-electron chi connectivity index (χ4n) is 2.57. The molecule has 3 N–H and O–H groups in total. The lowest BCUT2D eigenvalue weighted by Gasteiger charge is -2.15. The highest BCUT2D eigenvalue weighted by molar-refractivity contribution is 6.06. The fraction of sp³-hybridized carbons (Fsp3) is 0.353. The van der Waals surface area contributed by atoms with E-state index in [9.17, 15) is 23.9 Å². The number of carbonyl (C=O) groups is 2. The minimum absolute atomic E-state index is 0.0398. The summed E-state index contributed by atoms with van der Waals surface area (Å²) in [5.74, 6) is -2.61. The van der Waals surface area contributed by atoms with Crippen LogP contribution in [0.3, 0.4) is 0 Å². The van der Waals surface area contributed by atoms with E-state index in [4.69, 9.17) is 0 Å². The largest absolute Gasteiger partial charge is 0.481 e. The molecule has 128 valence electrons. The summed E-state index contributed by atoms with van der Waals surface area (Å²) in [7, 11) is 0. The number of amides is 1. The molecule has 1 heterocycles. The maximum Gasteiger partial charge on any atom is 0.308 e. The molecule has 0 aliphatic carbocycles. The lowest BCUT2D eigenvalue weighted by atomic mass is 9.97. The SMILES string of the molecule is CC(C)CC(CNC(=O)c1cc(=O)[nH]c2cc(F)ccc12)C(=O)O. The number of hydrogen-bond acceptors (Lipinski definition) is 3. The van der Waals surface area contributed by atoms with Crippen LogP contribution in [0.2, 0.25) is 0 Å². The standard InChI is InChI=1S/C17H19FN2O4/c1-9(2)5-10(17(23)24)8-19-16(22)13-7-15(21)20-14-6-11(18)3-4-12(13)14/h3-4,6-7,9-10H,5,8H2,1-2H3,(H,19,22)(H,20,21)(H,23,24). The third-order valence-corrected chi connectivity index (χ3v) is 3.66. The van der Waals surface area contributed by atoms with E-state index < -0.39 is 29.2 Å². The Morgan fingerprint density at radius 2 is 2.00 bits per heavy atom. The van der Waals surface area contributed by atoms with Gasteiger partial charge in [-0.1, -0.05) is 13.8 Å². The number of halogens is 1. The first-order valence-corrected chi connectivity index (χ1v) is 7.61. The van der Waals surface area contributed by atoms with E-state index in [1.54, 1.807) is 0 Å². The zero-order valence-electron chi connectivity index (χ0n) is 13.4. The van der Waals surface area contributed by atoms with E-state index in [0.717, 1.165) is 12.1 Å². The topological polar surface area (TPSA) is 99.3 Å². The molecule has 0 spiro atoms. The molecule has 0 saturated heterocycles. The Morgan fingerprint density at radius 3 is 2.62 bits per heavy atom.